The van der Waals surface area contributed by atoms with Crippen molar-refractivity contribution in [2.75, 3.05) is 32.9 Å². The Balaban J connectivity index is 2.48. The van der Waals surface area contributed by atoms with Gasteiger partial charge in [-0.15, -0.1) is 0 Å². The van der Waals surface area contributed by atoms with Crippen LogP contribution in [0.1, 0.15) is 19.8 Å². The van der Waals surface area contributed by atoms with E-state index in [4.69, 9.17) is 15.6 Å². The fourth-order valence-corrected chi connectivity index (χ4v) is 1.80. The molecule has 1 atom stereocenters. The van der Waals surface area contributed by atoms with Gasteiger partial charge >= 0.3 is 0 Å². The summed E-state index contributed by atoms with van der Waals surface area (Å²) in [5.74, 6) is 0.0808. The second-order valence-electron chi connectivity index (χ2n) is 4.59. The van der Waals surface area contributed by atoms with Gasteiger partial charge in [0.15, 0.2) is 0 Å². The highest BCUT2D eigenvalue weighted by Gasteiger charge is 2.38. The van der Waals surface area contributed by atoms with Gasteiger partial charge in [0, 0.05) is 32.9 Å². The number of aliphatic hydroxyl groups is 1. The van der Waals surface area contributed by atoms with Crippen LogP contribution in [-0.2, 0) is 9.53 Å². The van der Waals surface area contributed by atoms with Gasteiger partial charge in [-0.1, -0.05) is 6.92 Å². The number of ether oxygens (including phenoxy) is 1. The lowest BCUT2D eigenvalue weighted by molar-refractivity contribution is -0.136. The first kappa shape index (κ1) is 13.4. The van der Waals surface area contributed by atoms with Gasteiger partial charge in [-0.2, -0.15) is 0 Å². The van der Waals surface area contributed by atoms with Gasteiger partial charge in [-0.25, -0.2) is 0 Å². The maximum absolute atomic E-state index is 12.0. The van der Waals surface area contributed by atoms with E-state index in [-0.39, 0.29) is 18.4 Å². The first-order valence-corrected chi connectivity index (χ1v) is 5.81. The Hall–Kier alpha value is -0.650. The Morgan fingerprint density at radius 2 is 2.19 bits per heavy atom. The molecule has 16 heavy (non-hydrogen) atoms. The van der Waals surface area contributed by atoms with Crippen molar-refractivity contribution in [2.45, 2.75) is 19.8 Å². The van der Waals surface area contributed by atoms with Gasteiger partial charge in [0.1, 0.15) is 0 Å². The molecule has 0 aliphatic carbocycles. The molecule has 1 rings (SSSR count). The lowest BCUT2D eigenvalue weighted by atomic mass is 9.79. The molecule has 5 nitrogen and oxygen atoms in total. The second kappa shape index (κ2) is 6.18. The maximum Gasteiger partial charge on any atom is 0.227 e. The number of carbonyl (C=O) groups is 1. The average Bonchev–Trinajstić information content (AvgIpc) is 2.36. The Morgan fingerprint density at radius 3 is 2.69 bits per heavy atom. The molecule has 1 saturated heterocycles. The summed E-state index contributed by atoms with van der Waals surface area (Å²) in [6.07, 6.45) is 1.37. The lowest BCUT2D eigenvalue weighted by Crippen LogP contribution is -2.50. The fraction of sp³-hybridized carbons (Fsp3) is 0.909. The number of amides is 1. The minimum absolute atomic E-state index is 0.00130. The summed E-state index contributed by atoms with van der Waals surface area (Å²) in [5.41, 5.74) is 5.25. The number of nitrogens with two attached hydrogens (primary N) is 1. The zero-order valence-corrected chi connectivity index (χ0v) is 9.87. The molecule has 5 heteroatoms. The predicted octanol–water partition coefficient (Wildman–Crippen LogP) is -0.513. The smallest absolute Gasteiger partial charge is 0.227 e. The first-order chi connectivity index (χ1) is 7.64. The predicted molar refractivity (Wildman–Crippen MR) is 60.8 cm³/mol. The highest BCUT2D eigenvalue weighted by molar-refractivity contribution is 5.83. The van der Waals surface area contributed by atoms with Crippen LogP contribution in [0.2, 0.25) is 0 Å². The zero-order valence-electron chi connectivity index (χ0n) is 9.87. The molecule has 4 N–H and O–H groups in total. The second-order valence-corrected chi connectivity index (χ2v) is 4.59. The van der Waals surface area contributed by atoms with Crippen molar-refractivity contribution in [2.24, 2.45) is 17.1 Å². The van der Waals surface area contributed by atoms with Crippen LogP contribution in [0.15, 0.2) is 0 Å². The summed E-state index contributed by atoms with van der Waals surface area (Å²) in [7, 11) is 0. The van der Waals surface area contributed by atoms with Crippen molar-refractivity contribution < 1.29 is 14.6 Å². The van der Waals surface area contributed by atoms with E-state index < -0.39 is 5.41 Å². The molecule has 0 radical (unpaired) electrons. The number of rotatable bonds is 5. The normalized spacial score (nSPS) is 21.4. The summed E-state index contributed by atoms with van der Waals surface area (Å²) in [5, 5.41) is 11.7. The highest BCUT2D eigenvalue weighted by Crippen LogP contribution is 2.29. The third kappa shape index (κ3) is 3.17. The lowest BCUT2D eigenvalue weighted by Gasteiger charge is -2.34. The van der Waals surface area contributed by atoms with E-state index in [0.717, 1.165) is 0 Å². The van der Waals surface area contributed by atoms with Crippen molar-refractivity contribution in [1.82, 2.24) is 5.32 Å². The minimum atomic E-state index is -0.465. The molecule has 1 aliphatic rings. The van der Waals surface area contributed by atoms with Crippen LogP contribution in [0.25, 0.3) is 0 Å². The maximum atomic E-state index is 12.0. The Bertz CT molecular complexity index is 227. The monoisotopic (exact) mass is 230 g/mol. The molecular formula is C11H22N2O3. The number of carbonyl (C=O) groups excluding carboxylic acids is 1. The molecule has 0 bridgehead atoms. The molecule has 1 unspecified atom stereocenters. The van der Waals surface area contributed by atoms with Gasteiger partial charge in [-0.3, -0.25) is 4.79 Å². The van der Waals surface area contributed by atoms with Gasteiger partial charge < -0.3 is 20.9 Å². The molecule has 0 aromatic carbocycles. The van der Waals surface area contributed by atoms with Crippen molar-refractivity contribution in [1.29, 1.82) is 0 Å². The summed E-state index contributed by atoms with van der Waals surface area (Å²) in [6, 6.07) is 0. The van der Waals surface area contributed by atoms with Crippen LogP contribution in [0.4, 0.5) is 0 Å². The van der Waals surface area contributed by atoms with E-state index in [9.17, 15) is 4.79 Å². The molecule has 1 amide bonds. The van der Waals surface area contributed by atoms with Crippen LogP contribution in [0.5, 0.6) is 0 Å². The van der Waals surface area contributed by atoms with Crippen molar-refractivity contribution in [3.05, 3.63) is 0 Å². The third-order valence-corrected chi connectivity index (χ3v) is 3.25. The van der Waals surface area contributed by atoms with E-state index in [0.29, 0.717) is 39.1 Å². The molecule has 1 fully saturated rings. The minimum Gasteiger partial charge on any atom is -0.396 e. The standard InChI is InChI=1S/C11H22N2O3/c1-9(7-14)6-13-10(15)11(8-12)2-4-16-5-3-11/h9,14H,2-8,12H2,1H3,(H,13,15). The van der Waals surface area contributed by atoms with Crippen LogP contribution in [0.3, 0.4) is 0 Å². The Morgan fingerprint density at radius 1 is 1.56 bits per heavy atom. The van der Waals surface area contributed by atoms with Crippen LogP contribution >= 0.6 is 0 Å². The summed E-state index contributed by atoms with van der Waals surface area (Å²) in [4.78, 5) is 12.0. The quantitative estimate of drug-likeness (QED) is 0.593. The number of hydrogen-bond donors (Lipinski definition) is 3. The number of nitrogens with one attached hydrogen (secondary N) is 1. The van der Waals surface area contributed by atoms with E-state index >= 15 is 0 Å². The van der Waals surface area contributed by atoms with Gasteiger partial charge in [0.05, 0.1) is 5.41 Å². The molecule has 94 valence electrons. The topological polar surface area (TPSA) is 84.6 Å². The third-order valence-electron chi connectivity index (χ3n) is 3.25. The number of hydrogen-bond acceptors (Lipinski definition) is 4. The molecular weight excluding hydrogens is 208 g/mol. The van der Waals surface area contributed by atoms with E-state index in [1.807, 2.05) is 6.92 Å². The van der Waals surface area contributed by atoms with Gasteiger partial charge in [0.2, 0.25) is 5.91 Å². The van der Waals surface area contributed by atoms with Crippen LogP contribution in [0, 0.1) is 11.3 Å². The Labute approximate surface area is 96.3 Å². The number of aliphatic hydroxyl groups excluding tert-OH is 1. The Kier molecular flexibility index (Phi) is 5.18. The molecule has 0 aromatic heterocycles. The van der Waals surface area contributed by atoms with Crippen molar-refractivity contribution in [3.8, 4) is 0 Å². The summed E-state index contributed by atoms with van der Waals surface area (Å²) < 4.78 is 5.25. The SMILES string of the molecule is CC(CO)CNC(=O)C1(CN)CCOCC1. The van der Waals surface area contributed by atoms with E-state index in [1.54, 1.807) is 0 Å². The largest absolute Gasteiger partial charge is 0.396 e. The van der Waals surface area contributed by atoms with Crippen LogP contribution < -0.4 is 11.1 Å². The van der Waals surface area contributed by atoms with Crippen LogP contribution in [-0.4, -0.2) is 43.9 Å². The molecule has 0 saturated carbocycles. The molecule has 1 heterocycles. The highest BCUT2D eigenvalue weighted by atomic mass is 16.5. The van der Waals surface area contributed by atoms with Crippen molar-refractivity contribution >= 4 is 5.91 Å². The average molecular weight is 230 g/mol. The van der Waals surface area contributed by atoms with Crippen molar-refractivity contribution in [3.63, 3.8) is 0 Å². The molecule has 1 aliphatic heterocycles. The zero-order chi connectivity index (χ0) is 12.0. The fourth-order valence-electron chi connectivity index (χ4n) is 1.80. The van der Waals surface area contributed by atoms with Gasteiger partial charge in [-0.05, 0) is 18.8 Å². The van der Waals surface area contributed by atoms with E-state index in [2.05, 4.69) is 5.32 Å². The molecule has 0 spiro atoms. The molecule has 0 aromatic rings. The first-order valence-electron chi connectivity index (χ1n) is 5.81. The summed E-state index contributed by atoms with van der Waals surface area (Å²) >= 11 is 0. The van der Waals surface area contributed by atoms with Gasteiger partial charge in [0.25, 0.3) is 0 Å². The summed E-state index contributed by atoms with van der Waals surface area (Å²) in [6.45, 7) is 4.02. The van der Waals surface area contributed by atoms with E-state index in [1.165, 1.54) is 0 Å².